The maximum Gasteiger partial charge on any atom is 0.226 e. The van der Waals surface area contributed by atoms with E-state index in [1.807, 2.05) is 18.2 Å². The van der Waals surface area contributed by atoms with Crippen molar-refractivity contribution in [2.24, 2.45) is 0 Å². The highest BCUT2D eigenvalue weighted by atomic mass is 16.5. The van der Waals surface area contributed by atoms with Crippen LogP contribution in [-0.2, 0) is 11.3 Å². The van der Waals surface area contributed by atoms with Crippen LogP contribution in [0.15, 0.2) is 53.5 Å². The van der Waals surface area contributed by atoms with E-state index in [9.17, 15) is 9.59 Å². The van der Waals surface area contributed by atoms with Gasteiger partial charge >= 0.3 is 0 Å². The van der Waals surface area contributed by atoms with Crippen LogP contribution >= 0.6 is 0 Å². The molecule has 4 rings (SSSR count). The Labute approximate surface area is 155 Å². The van der Waals surface area contributed by atoms with Crippen LogP contribution < -0.4 is 20.2 Å². The summed E-state index contributed by atoms with van der Waals surface area (Å²) >= 11 is 0. The van der Waals surface area contributed by atoms with E-state index in [1.165, 1.54) is 6.20 Å². The van der Waals surface area contributed by atoms with E-state index in [1.54, 1.807) is 28.9 Å². The fourth-order valence-electron chi connectivity index (χ4n) is 3.01. The van der Waals surface area contributed by atoms with Crippen molar-refractivity contribution in [3.8, 4) is 11.5 Å². The van der Waals surface area contributed by atoms with Crippen LogP contribution in [0.5, 0.6) is 11.5 Å². The van der Waals surface area contributed by atoms with Crippen LogP contribution in [-0.4, -0.2) is 28.9 Å². The number of carbonyl (C=O) groups is 1. The molecule has 0 saturated heterocycles. The minimum Gasteiger partial charge on any atom is -0.490 e. The second-order valence-corrected chi connectivity index (χ2v) is 6.26. The lowest BCUT2D eigenvalue weighted by molar-refractivity contribution is -0.116. The van der Waals surface area contributed by atoms with Gasteiger partial charge < -0.3 is 14.8 Å². The molecule has 2 heterocycles. The number of amides is 1. The number of nitrogens with zero attached hydrogens (tertiary/aromatic N) is 2. The molecular weight excluding hydrogens is 346 g/mol. The number of aromatic nitrogens is 2. The predicted octanol–water partition coefficient (Wildman–Crippen LogP) is 2.59. The van der Waals surface area contributed by atoms with E-state index in [4.69, 9.17) is 9.47 Å². The number of benzene rings is 2. The summed E-state index contributed by atoms with van der Waals surface area (Å²) in [6.07, 6.45) is 2.34. The first kappa shape index (κ1) is 17.1. The van der Waals surface area contributed by atoms with E-state index in [-0.39, 0.29) is 17.8 Å². The zero-order valence-corrected chi connectivity index (χ0v) is 14.7. The summed E-state index contributed by atoms with van der Waals surface area (Å²) in [4.78, 5) is 24.2. The minimum atomic E-state index is -0.144. The van der Waals surface area contributed by atoms with Gasteiger partial charge in [0.25, 0.3) is 0 Å². The number of fused-ring (bicyclic) bond motifs is 2. The smallest absolute Gasteiger partial charge is 0.226 e. The predicted molar refractivity (Wildman–Crippen MR) is 101 cm³/mol. The Morgan fingerprint density at radius 3 is 2.81 bits per heavy atom. The van der Waals surface area contributed by atoms with Gasteiger partial charge in [-0.3, -0.25) is 14.3 Å². The van der Waals surface area contributed by atoms with Gasteiger partial charge in [0.15, 0.2) is 11.5 Å². The molecule has 0 saturated carbocycles. The Balaban J connectivity index is 1.44. The van der Waals surface area contributed by atoms with Gasteiger partial charge in [-0.05, 0) is 24.3 Å². The van der Waals surface area contributed by atoms with Crippen molar-refractivity contribution in [2.75, 3.05) is 18.5 Å². The quantitative estimate of drug-likeness (QED) is 0.768. The average Bonchev–Trinajstić information content (AvgIpc) is 2.93. The molecule has 3 aromatic rings. The number of para-hydroxylation sites is 1. The molecule has 1 amide bonds. The molecule has 0 atom stereocenters. The lowest BCUT2D eigenvalue weighted by Crippen LogP contribution is -2.18. The normalized spacial score (nSPS) is 13.2. The number of hydrogen-bond acceptors (Lipinski definition) is 5. The average molecular weight is 365 g/mol. The molecule has 0 radical (unpaired) electrons. The number of hydrogen-bond donors (Lipinski definition) is 1. The van der Waals surface area contributed by atoms with Gasteiger partial charge in [-0.1, -0.05) is 12.1 Å². The summed E-state index contributed by atoms with van der Waals surface area (Å²) in [5, 5.41) is 7.60. The molecule has 0 bridgehead atoms. The third-order valence-corrected chi connectivity index (χ3v) is 4.34. The standard InChI is InChI=1S/C20H19N3O4/c24-17-13-21-23(16-5-2-1-4-15(16)17)9-8-20(25)22-14-6-7-18-19(12-14)27-11-3-10-26-18/h1-2,4-7,12-13H,3,8-11H2,(H,22,25). The van der Waals surface area contributed by atoms with Crippen molar-refractivity contribution in [1.82, 2.24) is 9.78 Å². The number of nitrogens with one attached hydrogen (secondary N) is 1. The zero-order chi connectivity index (χ0) is 18.6. The maximum atomic E-state index is 12.3. The molecule has 1 aliphatic rings. The first-order valence-electron chi connectivity index (χ1n) is 8.85. The highest BCUT2D eigenvalue weighted by Gasteiger charge is 2.12. The van der Waals surface area contributed by atoms with E-state index in [0.29, 0.717) is 47.8 Å². The highest BCUT2D eigenvalue weighted by Crippen LogP contribution is 2.32. The maximum absolute atomic E-state index is 12.3. The molecule has 0 spiro atoms. The molecular formula is C20H19N3O4. The molecule has 27 heavy (non-hydrogen) atoms. The topological polar surface area (TPSA) is 82.5 Å². The van der Waals surface area contributed by atoms with Crippen molar-refractivity contribution in [3.63, 3.8) is 0 Å². The molecule has 1 aliphatic heterocycles. The number of carbonyl (C=O) groups excluding carboxylic acids is 1. The van der Waals surface area contributed by atoms with Crippen molar-refractivity contribution < 1.29 is 14.3 Å². The van der Waals surface area contributed by atoms with Crippen molar-refractivity contribution in [1.29, 1.82) is 0 Å². The van der Waals surface area contributed by atoms with Gasteiger partial charge in [0, 0.05) is 30.0 Å². The Morgan fingerprint density at radius 1 is 1.11 bits per heavy atom. The van der Waals surface area contributed by atoms with Gasteiger partial charge in [0.2, 0.25) is 11.3 Å². The first-order chi connectivity index (χ1) is 13.2. The molecule has 0 aliphatic carbocycles. The lowest BCUT2D eigenvalue weighted by atomic mass is 10.2. The van der Waals surface area contributed by atoms with Crippen LogP contribution in [0.4, 0.5) is 5.69 Å². The number of ether oxygens (including phenoxy) is 2. The van der Waals surface area contributed by atoms with Crippen LogP contribution in [0.2, 0.25) is 0 Å². The van der Waals surface area contributed by atoms with Gasteiger partial charge in [-0.2, -0.15) is 5.10 Å². The largest absolute Gasteiger partial charge is 0.490 e. The monoisotopic (exact) mass is 365 g/mol. The van der Waals surface area contributed by atoms with Crippen LogP contribution in [0.25, 0.3) is 10.9 Å². The summed E-state index contributed by atoms with van der Waals surface area (Å²) in [5.74, 6) is 1.18. The van der Waals surface area contributed by atoms with Gasteiger partial charge in [-0.25, -0.2) is 0 Å². The van der Waals surface area contributed by atoms with Gasteiger partial charge in [-0.15, -0.1) is 0 Å². The Bertz CT molecular complexity index is 1040. The van der Waals surface area contributed by atoms with Crippen LogP contribution in [0, 0.1) is 0 Å². The number of rotatable bonds is 4. The third kappa shape index (κ3) is 3.76. The molecule has 0 fully saturated rings. The van der Waals surface area contributed by atoms with Crippen LogP contribution in [0.3, 0.4) is 0 Å². The number of aryl methyl sites for hydroxylation is 1. The molecule has 1 aromatic heterocycles. The second-order valence-electron chi connectivity index (χ2n) is 6.26. The first-order valence-corrected chi connectivity index (χ1v) is 8.85. The second kappa shape index (κ2) is 7.49. The van der Waals surface area contributed by atoms with Gasteiger partial charge in [0.05, 0.1) is 31.5 Å². The summed E-state index contributed by atoms with van der Waals surface area (Å²) < 4.78 is 12.9. The molecule has 2 aromatic carbocycles. The Morgan fingerprint density at radius 2 is 1.93 bits per heavy atom. The van der Waals surface area contributed by atoms with E-state index in [2.05, 4.69) is 10.4 Å². The molecule has 7 nitrogen and oxygen atoms in total. The summed E-state index contributed by atoms with van der Waals surface area (Å²) in [6, 6.07) is 12.6. The highest BCUT2D eigenvalue weighted by molar-refractivity contribution is 5.91. The number of anilines is 1. The SMILES string of the molecule is O=C(CCn1ncc(=O)c2ccccc21)Nc1ccc2c(c1)OCCCO2. The Kier molecular flexibility index (Phi) is 4.74. The lowest BCUT2D eigenvalue weighted by Gasteiger charge is -2.11. The fraction of sp³-hybridized carbons (Fsp3) is 0.250. The Hall–Kier alpha value is -3.35. The van der Waals surface area contributed by atoms with Crippen molar-refractivity contribution in [2.45, 2.75) is 19.4 Å². The molecule has 1 N–H and O–H groups in total. The van der Waals surface area contributed by atoms with E-state index < -0.39 is 0 Å². The minimum absolute atomic E-state index is 0.126. The summed E-state index contributed by atoms with van der Waals surface area (Å²) in [5.41, 5.74) is 1.24. The van der Waals surface area contributed by atoms with Crippen LogP contribution in [0.1, 0.15) is 12.8 Å². The van der Waals surface area contributed by atoms with Crippen molar-refractivity contribution >= 4 is 22.5 Å². The fourth-order valence-corrected chi connectivity index (χ4v) is 3.01. The van der Waals surface area contributed by atoms with Crippen molar-refractivity contribution in [3.05, 3.63) is 58.9 Å². The third-order valence-electron chi connectivity index (χ3n) is 4.34. The zero-order valence-electron chi connectivity index (χ0n) is 14.7. The molecule has 138 valence electrons. The molecule has 7 heteroatoms. The van der Waals surface area contributed by atoms with E-state index in [0.717, 1.165) is 6.42 Å². The molecule has 0 unspecified atom stereocenters. The summed E-state index contributed by atoms with van der Waals surface area (Å²) in [6.45, 7) is 1.59. The summed E-state index contributed by atoms with van der Waals surface area (Å²) in [7, 11) is 0. The van der Waals surface area contributed by atoms with Gasteiger partial charge in [0.1, 0.15) is 0 Å². The van der Waals surface area contributed by atoms with E-state index >= 15 is 0 Å².